The highest BCUT2D eigenvalue weighted by Gasteiger charge is 2.27. The lowest BCUT2D eigenvalue weighted by Crippen LogP contribution is -2.32. The van der Waals surface area contributed by atoms with Crippen molar-refractivity contribution < 1.29 is 23.1 Å². The van der Waals surface area contributed by atoms with Crippen molar-refractivity contribution in [2.45, 2.75) is 33.6 Å². The maximum absolute atomic E-state index is 14.5. The van der Waals surface area contributed by atoms with Crippen LogP contribution in [0.15, 0.2) is 36.4 Å². The molecule has 0 unspecified atom stereocenters. The molecular weight excluding hydrogens is 390 g/mol. The molecule has 3 rings (SSSR count). The molecule has 2 aromatic rings. The number of ether oxygens (including phenoxy) is 1. The Hall–Kier alpha value is -2.80. The third-order valence-electron chi connectivity index (χ3n) is 5.02. The van der Waals surface area contributed by atoms with E-state index in [1.807, 2.05) is 0 Å². The lowest BCUT2D eigenvalue weighted by Gasteiger charge is -2.23. The zero-order valence-electron chi connectivity index (χ0n) is 17.4. The molecule has 0 spiro atoms. The van der Waals surface area contributed by atoms with Crippen molar-refractivity contribution in [3.05, 3.63) is 53.6 Å². The van der Waals surface area contributed by atoms with E-state index >= 15 is 0 Å². The van der Waals surface area contributed by atoms with Gasteiger partial charge in [0.25, 0.3) is 0 Å². The molecule has 1 aliphatic heterocycles. The molecule has 30 heavy (non-hydrogen) atoms. The Kier molecular flexibility index (Phi) is 6.51. The van der Waals surface area contributed by atoms with Crippen molar-refractivity contribution in [2.24, 2.45) is 11.3 Å². The number of piperidine rings is 1. The summed E-state index contributed by atoms with van der Waals surface area (Å²) in [5.41, 5.74) is -0.705. The third kappa shape index (κ3) is 5.02. The van der Waals surface area contributed by atoms with Crippen LogP contribution in [0.2, 0.25) is 0 Å². The summed E-state index contributed by atoms with van der Waals surface area (Å²) in [6, 6.07) is 8.28. The number of hydrogen-bond donors (Lipinski definition) is 2. The number of benzene rings is 2. The molecule has 0 aromatic heterocycles. The standard InChI is InChI=1S/C23H26F2N2O3/c1-23(2,3)22(29)27-20-17(25)12-15(24)13-19(20)30-18-7-5-4-6-16(18)21(28)14-8-10-26-11-9-14/h4-7,12-14,26H,8-11H2,1-3H3,(H,27,29). The molecule has 0 saturated carbocycles. The summed E-state index contributed by atoms with van der Waals surface area (Å²) in [5, 5.41) is 5.70. The SMILES string of the molecule is CC(C)(C)C(=O)Nc1c(F)cc(F)cc1Oc1ccccc1C(=O)C1CCNCC1. The van der Waals surface area contributed by atoms with Crippen molar-refractivity contribution in [3.8, 4) is 11.5 Å². The van der Waals surface area contributed by atoms with E-state index in [-0.39, 0.29) is 28.9 Å². The molecule has 1 heterocycles. The van der Waals surface area contributed by atoms with Crippen LogP contribution < -0.4 is 15.4 Å². The number of ketones is 1. The number of rotatable bonds is 5. The maximum atomic E-state index is 14.5. The first-order chi connectivity index (χ1) is 14.2. The van der Waals surface area contributed by atoms with Gasteiger partial charge in [-0.1, -0.05) is 32.9 Å². The fourth-order valence-corrected chi connectivity index (χ4v) is 3.23. The fraction of sp³-hybridized carbons (Fsp3) is 0.391. The Labute approximate surface area is 174 Å². The third-order valence-corrected chi connectivity index (χ3v) is 5.02. The summed E-state index contributed by atoms with van der Waals surface area (Å²) < 4.78 is 34.2. The number of Topliss-reactive ketones (excluding diaryl/α,β-unsaturated/α-hetero) is 1. The van der Waals surface area contributed by atoms with Gasteiger partial charge in [-0.2, -0.15) is 0 Å². The van der Waals surface area contributed by atoms with E-state index in [1.165, 1.54) is 0 Å². The number of carbonyl (C=O) groups is 2. The van der Waals surface area contributed by atoms with Gasteiger partial charge >= 0.3 is 0 Å². The Morgan fingerprint density at radius 2 is 1.73 bits per heavy atom. The van der Waals surface area contributed by atoms with Crippen molar-refractivity contribution in [2.75, 3.05) is 18.4 Å². The van der Waals surface area contributed by atoms with Gasteiger partial charge in [0, 0.05) is 23.5 Å². The highest BCUT2D eigenvalue weighted by molar-refractivity contribution is 6.00. The minimum Gasteiger partial charge on any atom is -0.454 e. The van der Waals surface area contributed by atoms with Crippen molar-refractivity contribution in [1.29, 1.82) is 0 Å². The predicted octanol–water partition coefficient (Wildman–Crippen LogP) is 4.92. The number of halogens is 2. The van der Waals surface area contributed by atoms with Crippen LogP contribution in [0.3, 0.4) is 0 Å². The van der Waals surface area contributed by atoms with Crippen molar-refractivity contribution in [3.63, 3.8) is 0 Å². The Balaban J connectivity index is 1.95. The van der Waals surface area contributed by atoms with E-state index in [0.717, 1.165) is 19.2 Å². The highest BCUT2D eigenvalue weighted by Crippen LogP contribution is 2.36. The monoisotopic (exact) mass is 416 g/mol. The van der Waals surface area contributed by atoms with Gasteiger partial charge in [-0.15, -0.1) is 0 Å². The topological polar surface area (TPSA) is 67.4 Å². The summed E-state index contributed by atoms with van der Waals surface area (Å²) in [6.07, 6.45) is 1.43. The molecule has 1 aliphatic rings. The molecule has 2 aromatic carbocycles. The van der Waals surface area contributed by atoms with E-state index in [4.69, 9.17) is 4.74 Å². The van der Waals surface area contributed by atoms with Crippen LogP contribution in [0.1, 0.15) is 44.0 Å². The maximum Gasteiger partial charge on any atom is 0.229 e. The van der Waals surface area contributed by atoms with Gasteiger partial charge in [0.1, 0.15) is 17.3 Å². The summed E-state index contributed by atoms with van der Waals surface area (Å²) >= 11 is 0. The van der Waals surface area contributed by atoms with Gasteiger partial charge in [0.05, 0.1) is 5.56 Å². The lowest BCUT2D eigenvalue weighted by molar-refractivity contribution is -0.123. The fourth-order valence-electron chi connectivity index (χ4n) is 3.23. The number of nitrogens with one attached hydrogen (secondary N) is 2. The van der Waals surface area contributed by atoms with E-state index < -0.39 is 23.0 Å². The molecule has 0 bridgehead atoms. The molecule has 2 N–H and O–H groups in total. The number of anilines is 1. The van der Waals surface area contributed by atoms with Crippen LogP contribution in [-0.2, 0) is 4.79 Å². The zero-order valence-corrected chi connectivity index (χ0v) is 17.4. The lowest BCUT2D eigenvalue weighted by atomic mass is 9.89. The molecule has 1 amide bonds. The second-order valence-electron chi connectivity index (χ2n) is 8.45. The molecule has 0 atom stereocenters. The van der Waals surface area contributed by atoms with Crippen LogP contribution in [0.5, 0.6) is 11.5 Å². The molecule has 0 radical (unpaired) electrons. The van der Waals surface area contributed by atoms with Gasteiger partial charge in [0.15, 0.2) is 17.3 Å². The summed E-state index contributed by atoms with van der Waals surface area (Å²) in [4.78, 5) is 25.4. The minimum atomic E-state index is -0.954. The van der Waals surface area contributed by atoms with Crippen LogP contribution in [-0.4, -0.2) is 24.8 Å². The Morgan fingerprint density at radius 3 is 2.40 bits per heavy atom. The summed E-state index contributed by atoms with van der Waals surface area (Å²) in [6.45, 7) is 6.56. The van der Waals surface area contributed by atoms with Crippen LogP contribution >= 0.6 is 0 Å². The minimum absolute atomic E-state index is 0.0655. The summed E-state index contributed by atoms with van der Waals surface area (Å²) in [5.74, 6) is -2.46. The predicted molar refractivity (Wildman–Crippen MR) is 111 cm³/mol. The van der Waals surface area contributed by atoms with Crippen LogP contribution in [0.4, 0.5) is 14.5 Å². The number of carbonyl (C=O) groups excluding carboxylic acids is 2. The molecule has 7 heteroatoms. The normalized spacial score (nSPS) is 15.0. The first-order valence-corrected chi connectivity index (χ1v) is 9.99. The molecule has 160 valence electrons. The first-order valence-electron chi connectivity index (χ1n) is 9.99. The number of hydrogen-bond acceptors (Lipinski definition) is 4. The first kappa shape index (κ1) is 21.9. The van der Waals surface area contributed by atoms with Crippen molar-refractivity contribution >= 4 is 17.4 Å². The average molecular weight is 416 g/mol. The average Bonchev–Trinajstić information content (AvgIpc) is 2.70. The van der Waals surface area contributed by atoms with Gasteiger partial charge in [0.2, 0.25) is 5.91 Å². The molecular formula is C23H26F2N2O3. The van der Waals surface area contributed by atoms with Gasteiger partial charge in [-0.25, -0.2) is 8.78 Å². The largest absolute Gasteiger partial charge is 0.454 e. The number of amides is 1. The van der Waals surface area contributed by atoms with Crippen molar-refractivity contribution in [1.82, 2.24) is 5.32 Å². The zero-order chi connectivity index (χ0) is 21.9. The summed E-state index contributed by atoms with van der Waals surface area (Å²) in [7, 11) is 0. The highest BCUT2D eigenvalue weighted by atomic mass is 19.1. The smallest absolute Gasteiger partial charge is 0.229 e. The Morgan fingerprint density at radius 1 is 1.07 bits per heavy atom. The van der Waals surface area contributed by atoms with E-state index in [2.05, 4.69) is 10.6 Å². The molecule has 5 nitrogen and oxygen atoms in total. The van der Waals surface area contributed by atoms with E-state index in [1.54, 1.807) is 45.0 Å². The second-order valence-corrected chi connectivity index (χ2v) is 8.45. The van der Waals surface area contributed by atoms with Gasteiger partial charge < -0.3 is 15.4 Å². The van der Waals surface area contributed by atoms with Gasteiger partial charge in [-0.3, -0.25) is 9.59 Å². The molecule has 0 aliphatic carbocycles. The van der Waals surface area contributed by atoms with Crippen LogP contribution in [0, 0.1) is 23.0 Å². The van der Waals surface area contributed by atoms with Crippen LogP contribution in [0.25, 0.3) is 0 Å². The quantitative estimate of drug-likeness (QED) is 0.679. The molecule has 1 fully saturated rings. The molecule has 1 saturated heterocycles. The van der Waals surface area contributed by atoms with E-state index in [9.17, 15) is 18.4 Å². The number of para-hydroxylation sites is 1. The Bertz CT molecular complexity index is 948. The van der Waals surface area contributed by atoms with E-state index in [0.29, 0.717) is 24.5 Å². The second kappa shape index (κ2) is 8.92. The van der Waals surface area contributed by atoms with Gasteiger partial charge in [-0.05, 0) is 38.1 Å².